The molecule has 0 fully saturated rings. The van der Waals surface area contributed by atoms with E-state index in [4.69, 9.17) is 16.3 Å². The summed E-state index contributed by atoms with van der Waals surface area (Å²) in [6.45, 7) is 3.77. The molecular weight excluding hydrogens is 424 g/mol. The predicted molar refractivity (Wildman–Crippen MR) is 117 cm³/mol. The van der Waals surface area contributed by atoms with Gasteiger partial charge in [-0.25, -0.2) is 8.42 Å². The third kappa shape index (κ3) is 3.40. The molecule has 0 spiro atoms. The lowest BCUT2D eigenvalue weighted by Gasteiger charge is -2.23. The molecule has 0 atom stereocenters. The smallest absolute Gasteiger partial charge is 0.265 e. The van der Waals surface area contributed by atoms with Crippen LogP contribution in [0.3, 0.4) is 0 Å². The first-order valence-electron chi connectivity index (χ1n) is 9.16. The zero-order valence-electron chi connectivity index (χ0n) is 16.6. The van der Waals surface area contributed by atoms with Crippen LogP contribution in [-0.2, 0) is 10.0 Å². The molecule has 0 saturated heterocycles. The van der Waals surface area contributed by atoms with Crippen LogP contribution >= 0.6 is 11.6 Å². The number of aryl methyl sites for hydroxylation is 2. The van der Waals surface area contributed by atoms with E-state index >= 15 is 0 Å². The third-order valence-corrected chi connectivity index (χ3v) is 7.20. The average molecular weight is 443 g/mol. The molecule has 1 amide bonds. The quantitative estimate of drug-likeness (QED) is 0.609. The molecule has 30 heavy (non-hydrogen) atoms. The first-order chi connectivity index (χ1) is 14.2. The number of anilines is 2. The maximum atomic E-state index is 13.4. The maximum Gasteiger partial charge on any atom is 0.265 e. The molecule has 1 N–H and O–H groups in total. The van der Waals surface area contributed by atoms with Gasteiger partial charge in [0, 0.05) is 13.1 Å². The van der Waals surface area contributed by atoms with Gasteiger partial charge in [0.2, 0.25) is 0 Å². The van der Waals surface area contributed by atoms with Gasteiger partial charge in [0.1, 0.15) is 10.6 Å². The van der Waals surface area contributed by atoms with Crippen LogP contribution in [0.5, 0.6) is 11.5 Å². The lowest BCUT2D eigenvalue weighted by atomic mass is 10.1. The molecule has 154 valence electrons. The van der Waals surface area contributed by atoms with Gasteiger partial charge in [-0.15, -0.1) is 0 Å². The van der Waals surface area contributed by atoms with Crippen molar-refractivity contribution in [2.24, 2.45) is 0 Å². The Morgan fingerprint density at radius 3 is 2.47 bits per heavy atom. The summed E-state index contributed by atoms with van der Waals surface area (Å²) in [5, 5.41) is 2.71. The number of hydrogen-bond donors (Lipinski definition) is 1. The largest absolute Gasteiger partial charge is 0.454 e. The lowest BCUT2D eigenvalue weighted by Crippen LogP contribution is -2.28. The first kappa shape index (κ1) is 20.3. The normalized spacial score (nSPS) is 12.9. The van der Waals surface area contributed by atoms with Crippen molar-refractivity contribution in [3.63, 3.8) is 0 Å². The van der Waals surface area contributed by atoms with Crippen LogP contribution in [0.15, 0.2) is 59.5 Å². The van der Waals surface area contributed by atoms with Crippen molar-refractivity contribution in [2.75, 3.05) is 16.7 Å². The fourth-order valence-electron chi connectivity index (χ4n) is 3.40. The van der Waals surface area contributed by atoms with Crippen LogP contribution in [0.4, 0.5) is 11.4 Å². The fourth-order valence-corrected chi connectivity index (χ4v) is 5.17. The number of nitrogens with zero attached hydrogens (tertiary/aromatic N) is 1. The molecule has 0 bridgehead atoms. The van der Waals surface area contributed by atoms with E-state index < -0.39 is 15.9 Å². The van der Waals surface area contributed by atoms with E-state index in [0.717, 1.165) is 11.1 Å². The molecule has 3 aromatic carbocycles. The fraction of sp³-hybridized carbons (Fsp3) is 0.136. The lowest BCUT2D eigenvalue weighted by molar-refractivity contribution is 0.102. The molecule has 0 radical (unpaired) electrons. The maximum absolute atomic E-state index is 13.4. The Morgan fingerprint density at radius 2 is 1.73 bits per heavy atom. The van der Waals surface area contributed by atoms with Gasteiger partial charge in [0.15, 0.2) is 5.75 Å². The Bertz CT molecular complexity index is 1290. The number of hydrogen-bond acceptors (Lipinski definition) is 4. The second-order valence-corrected chi connectivity index (χ2v) is 9.44. The van der Waals surface area contributed by atoms with Gasteiger partial charge in [0.05, 0.1) is 22.0 Å². The molecule has 8 heteroatoms. The highest BCUT2D eigenvalue weighted by Gasteiger charge is 2.30. The van der Waals surface area contributed by atoms with Crippen molar-refractivity contribution >= 4 is 38.9 Å². The average Bonchev–Trinajstić information content (AvgIpc) is 2.82. The van der Waals surface area contributed by atoms with Crippen molar-refractivity contribution in [3.05, 3.63) is 76.3 Å². The van der Waals surface area contributed by atoms with Crippen LogP contribution in [0.2, 0.25) is 5.02 Å². The summed E-state index contributed by atoms with van der Waals surface area (Å²) in [6.07, 6.45) is 0. The summed E-state index contributed by atoms with van der Waals surface area (Å²) in [4.78, 5) is 12.6. The monoisotopic (exact) mass is 442 g/mol. The molecule has 4 rings (SSSR count). The number of para-hydroxylation sites is 2. The van der Waals surface area contributed by atoms with Crippen molar-refractivity contribution in [1.29, 1.82) is 0 Å². The highest BCUT2D eigenvalue weighted by molar-refractivity contribution is 7.93. The van der Waals surface area contributed by atoms with Crippen LogP contribution in [0.25, 0.3) is 0 Å². The van der Waals surface area contributed by atoms with Crippen LogP contribution in [0, 0.1) is 13.8 Å². The number of benzene rings is 3. The van der Waals surface area contributed by atoms with Crippen LogP contribution in [-0.4, -0.2) is 21.4 Å². The molecule has 1 aliphatic rings. The predicted octanol–water partition coefficient (Wildman–Crippen LogP) is 5.14. The van der Waals surface area contributed by atoms with Gasteiger partial charge in [-0.05, 0) is 43.7 Å². The molecular formula is C22H19ClN2O4S. The zero-order valence-corrected chi connectivity index (χ0v) is 18.1. The van der Waals surface area contributed by atoms with Crippen LogP contribution < -0.4 is 14.4 Å². The molecule has 0 unspecified atom stereocenters. The van der Waals surface area contributed by atoms with Crippen molar-refractivity contribution in [2.45, 2.75) is 18.7 Å². The van der Waals surface area contributed by atoms with Gasteiger partial charge in [-0.3, -0.25) is 9.10 Å². The molecule has 0 aromatic heterocycles. The molecule has 3 aromatic rings. The number of carbonyl (C=O) groups excluding carboxylic acids is 1. The summed E-state index contributed by atoms with van der Waals surface area (Å²) >= 11 is 6.35. The molecule has 0 saturated carbocycles. The Morgan fingerprint density at radius 1 is 1.00 bits per heavy atom. The minimum atomic E-state index is -4.03. The highest BCUT2D eigenvalue weighted by atomic mass is 35.5. The summed E-state index contributed by atoms with van der Waals surface area (Å²) in [7, 11) is -2.57. The number of fused-ring (bicyclic) bond motifs is 2. The minimum absolute atomic E-state index is 0.0301. The van der Waals surface area contributed by atoms with Gasteiger partial charge < -0.3 is 10.1 Å². The van der Waals surface area contributed by atoms with Gasteiger partial charge in [-0.2, -0.15) is 0 Å². The number of halogens is 1. The van der Waals surface area contributed by atoms with E-state index in [0.29, 0.717) is 17.1 Å². The van der Waals surface area contributed by atoms with Crippen LogP contribution in [0.1, 0.15) is 21.5 Å². The standard InChI is InChI=1S/C22H19ClN2O4S/c1-13-8-9-18(14(2)10-13)25(3)30(27,28)21-11-15-20(12-16(21)23)29-19-7-5-4-6-17(19)24-22(15)26/h4-12H,1-3H3,(H,24,26). The van der Waals surface area contributed by atoms with E-state index in [9.17, 15) is 13.2 Å². The van der Waals surface area contributed by atoms with E-state index in [1.807, 2.05) is 26.0 Å². The molecule has 1 aliphatic heterocycles. The second kappa shape index (κ2) is 7.34. The van der Waals surface area contributed by atoms with E-state index in [-0.39, 0.29) is 21.2 Å². The first-order valence-corrected chi connectivity index (χ1v) is 11.0. The topological polar surface area (TPSA) is 75.7 Å². The Kier molecular flexibility index (Phi) is 4.95. The van der Waals surface area contributed by atoms with Crippen molar-refractivity contribution < 1.29 is 17.9 Å². The number of sulfonamides is 1. The Hall–Kier alpha value is -3.03. The number of amides is 1. The van der Waals surface area contributed by atoms with Gasteiger partial charge in [0.25, 0.3) is 15.9 Å². The summed E-state index contributed by atoms with van der Waals surface area (Å²) in [6, 6.07) is 15.0. The molecule has 6 nitrogen and oxygen atoms in total. The number of rotatable bonds is 3. The number of nitrogens with one attached hydrogen (secondary N) is 1. The van der Waals surface area contributed by atoms with E-state index in [2.05, 4.69) is 5.32 Å². The summed E-state index contributed by atoms with van der Waals surface area (Å²) in [5.74, 6) is 0.163. The molecule has 0 aliphatic carbocycles. The number of ether oxygens (including phenoxy) is 1. The highest BCUT2D eigenvalue weighted by Crippen LogP contribution is 2.40. The van der Waals surface area contributed by atoms with E-state index in [1.165, 1.54) is 23.5 Å². The van der Waals surface area contributed by atoms with Gasteiger partial charge in [-0.1, -0.05) is 41.4 Å². The molecule has 1 heterocycles. The van der Waals surface area contributed by atoms with Crippen molar-refractivity contribution in [3.8, 4) is 11.5 Å². The third-order valence-electron chi connectivity index (χ3n) is 4.96. The summed E-state index contributed by atoms with van der Waals surface area (Å²) < 4.78 is 33.7. The summed E-state index contributed by atoms with van der Waals surface area (Å²) in [5.41, 5.74) is 2.94. The second-order valence-electron chi connectivity index (χ2n) is 7.09. The Balaban J connectivity index is 1.81. The van der Waals surface area contributed by atoms with E-state index in [1.54, 1.807) is 30.3 Å². The number of carbonyl (C=O) groups is 1. The van der Waals surface area contributed by atoms with Gasteiger partial charge >= 0.3 is 0 Å². The SMILES string of the molecule is Cc1ccc(N(C)S(=O)(=O)c2cc3c(cc2Cl)Oc2ccccc2NC3=O)c(C)c1. The minimum Gasteiger partial charge on any atom is -0.454 e. The zero-order chi connectivity index (χ0) is 21.6. The Labute approximate surface area is 180 Å². The van der Waals surface area contributed by atoms with Crippen molar-refractivity contribution in [1.82, 2.24) is 0 Å².